The van der Waals surface area contributed by atoms with Crippen LogP contribution < -0.4 is 16.0 Å². The quantitative estimate of drug-likeness (QED) is 0.285. The standard InChI is InChI=1S/C23H35N3O5S/c1-16(2)13-19(25-20(28)18(24-15-27)11-12-32-5)21(29)26-23(3,22(30)31-4)14-17-9-7-6-8-10-17/h6-10,15-16,18-19H,11-14H2,1-5H3,(H,24,27)(H,25,28)(H,26,29)/t18-,19-,23-/m0/s1. The molecular formula is C23H35N3O5S. The molecule has 8 nitrogen and oxygen atoms in total. The number of thioether (sulfide) groups is 1. The van der Waals surface area contributed by atoms with Gasteiger partial charge in [-0.1, -0.05) is 44.2 Å². The molecule has 1 aromatic carbocycles. The van der Waals surface area contributed by atoms with E-state index >= 15 is 0 Å². The number of hydrogen-bond acceptors (Lipinski definition) is 6. The van der Waals surface area contributed by atoms with Gasteiger partial charge in [-0.25, -0.2) is 4.79 Å². The van der Waals surface area contributed by atoms with Crippen molar-refractivity contribution in [3.63, 3.8) is 0 Å². The Bertz CT molecular complexity index is 759. The molecule has 3 amide bonds. The molecule has 0 unspecified atom stereocenters. The van der Waals surface area contributed by atoms with E-state index < -0.39 is 35.4 Å². The highest BCUT2D eigenvalue weighted by Crippen LogP contribution is 2.17. The van der Waals surface area contributed by atoms with Crippen LogP contribution in [0.3, 0.4) is 0 Å². The van der Waals surface area contributed by atoms with Crippen LogP contribution >= 0.6 is 11.8 Å². The van der Waals surface area contributed by atoms with Gasteiger partial charge in [0.1, 0.15) is 17.6 Å². The maximum absolute atomic E-state index is 13.2. The molecule has 0 aliphatic rings. The van der Waals surface area contributed by atoms with Gasteiger partial charge < -0.3 is 20.7 Å². The summed E-state index contributed by atoms with van der Waals surface area (Å²) in [4.78, 5) is 49.5. The van der Waals surface area contributed by atoms with Crippen LogP contribution in [-0.4, -0.2) is 60.9 Å². The van der Waals surface area contributed by atoms with Gasteiger partial charge in [0.15, 0.2) is 0 Å². The first-order valence-electron chi connectivity index (χ1n) is 10.6. The van der Waals surface area contributed by atoms with Gasteiger partial charge in [-0.15, -0.1) is 0 Å². The van der Waals surface area contributed by atoms with E-state index in [4.69, 9.17) is 4.74 Å². The van der Waals surface area contributed by atoms with Crippen molar-refractivity contribution in [2.24, 2.45) is 5.92 Å². The van der Waals surface area contributed by atoms with Crippen molar-refractivity contribution in [1.29, 1.82) is 0 Å². The Labute approximate surface area is 194 Å². The number of esters is 1. The topological polar surface area (TPSA) is 114 Å². The largest absolute Gasteiger partial charge is 0.467 e. The Morgan fingerprint density at radius 2 is 1.78 bits per heavy atom. The van der Waals surface area contributed by atoms with Crippen LogP contribution in [0.2, 0.25) is 0 Å². The molecular weight excluding hydrogens is 430 g/mol. The van der Waals surface area contributed by atoms with Gasteiger partial charge in [0, 0.05) is 6.42 Å². The molecule has 1 rings (SSSR count). The summed E-state index contributed by atoms with van der Waals surface area (Å²) in [6.45, 7) is 5.47. The minimum absolute atomic E-state index is 0.105. The zero-order chi connectivity index (χ0) is 24.1. The van der Waals surface area contributed by atoms with Crippen LogP contribution in [-0.2, 0) is 30.3 Å². The Hall–Kier alpha value is -2.55. The fraction of sp³-hybridized carbons (Fsp3) is 0.565. The number of hydrogen-bond donors (Lipinski definition) is 3. The van der Waals surface area contributed by atoms with Crippen molar-refractivity contribution in [2.75, 3.05) is 19.1 Å². The van der Waals surface area contributed by atoms with Crippen LogP contribution in [0.25, 0.3) is 0 Å². The van der Waals surface area contributed by atoms with Crippen molar-refractivity contribution < 1.29 is 23.9 Å². The van der Waals surface area contributed by atoms with E-state index in [0.29, 0.717) is 25.0 Å². The lowest BCUT2D eigenvalue weighted by molar-refractivity contribution is -0.150. The predicted octanol–water partition coefficient (Wildman–Crippen LogP) is 1.68. The molecule has 0 fully saturated rings. The van der Waals surface area contributed by atoms with Gasteiger partial charge in [0.25, 0.3) is 0 Å². The molecule has 0 saturated carbocycles. The molecule has 3 atom stereocenters. The van der Waals surface area contributed by atoms with Gasteiger partial charge in [0.05, 0.1) is 7.11 Å². The van der Waals surface area contributed by atoms with E-state index in [9.17, 15) is 19.2 Å². The molecule has 0 aromatic heterocycles. The third-order valence-electron chi connectivity index (χ3n) is 4.97. The first-order chi connectivity index (χ1) is 15.2. The van der Waals surface area contributed by atoms with Gasteiger partial charge in [0.2, 0.25) is 18.2 Å². The van der Waals surface area contributed by atoms with E-state index in [2.05, 4.69) is 16.0 Å². The zero-order valence-corrected chi connectivity index (χ0v) is 20.3. The highest BCUT2D eigenvalue weighted by molar-refractivity contribution is 7.98. The normalized spacial score (nSPS) is 14.6. The van der Waals surface area contributed by atoms with Crippen LogP contribution in [0.4, 0.5) is 0 Å². The minimum atomic E-state index is -1.31. The van der Waals surface area contributed by atoms with Crippen LogP contribution in [0.5, 0.6) is 0 Å². The third kappa shape index (κ3) is 8.90. The maximum Gasteiger partial charge on any atom is 0.331 e. The molecule has 0 radical (unpaired) electrons. The van der Waals surface area contributed by atoms with Crippen molar-refractivity contribution in [2.45, 2.75) is 57.7 Å². The molecule has 0 bridgehead atoms. The maximum atomic E-state index is 13.2. The average Bonchev–Trinajstić information content (AvgIpc) is 2.75. The number of carbonyl (C=O) groups is 4. The molecule has 9 heteroatoms. The SMILES string of the molecule is COC(=O)[C@](C)(Cc1ccccc1)NC(=O)[C@H](CC(C)C)NC(=O)[C@H](CCSC)NC=O. The highest BCUT2D eigenvalue weighted by Gasteiger charge is 2.38. The van der Waals surface area contributed by atoms with Gasteiger partial charge in [-0.2, -0.15) is 11.8 Å². The summed E-state index contributed by atoms with van der Waals surface area (Å²) in [5.74, 6) is -0.712. The number of amides is 3. The number of methoxy groups -OCH3 is 1. The Morgan fingerprint density at radius 3 is 2.31 bits per heavy atom. The molecule has 178 valence electrons. The number of benzene rings is 1. The lowest BCUT2D eigenvalue weighted by Crippen LogP contribution is -2.60. The smallest absolute Gasteiger partial charge is 0.331 e. The summed E-state index contributed by atoms with van der Waals surface area (Å²) in [5, 5.41) is 8.06. The molecule has 0 spiro atoms. The van der Waals surface area contributed by atoms with E-state index in [1.807, 2.05) is 50.4 Å². The first kappa shape index (κ1) is 27.5. The van der Waals surface area contributed by atoms with Crippen molar-refractivity contribution >= 4 is 36.0 Å². The summed E-state index contributed by atoms with van der Waals surface area (Å²) < 4.78 is 4.95. The van der Waals surface area contributed by atoms with E-state index in [1.54, 1.807) is 18.7 Å². The summed E-state index contributed by atoms with van der Waals surface area (Å²) in [7, 11) is 1.27. The summed E-state index contributed by atoms with van der Waals surface area (Å²) in [5.41, 5.74) is -0.454. The highest BCUT2D eigenvalue weighted by atomic mass is 32.2. The van der Waals surface area contributed by atoms with E-state index in [-0.39, 0.29) is 12.3 Å². The molecule has 1 aromatic rings. The van der Waals surface area contributed by atoms with Crippen LogP contribution in [0, 0.1) is 5.92 Å². The monoisotopic (exact) mass is 465 g/mol. The molecule has 32 heavy (non-hydrogen) atoms. The van der Waals surface area contributed by atoms with E-state index in [1.165, 1.54) is 7.11 Å². The Balaban J connectivity index is 3.05. The first-order valence-corrected chi connectivity index (χ1v) is 12.0. The fourth-order valence-electron chi connectivity index (χ4n) is 3.34. The number of rotatable bonds is 14. The fourth-order valence-corrected chi connectivity index (χ4v) is 3.81. The Kier molecular flexibility index (Phi) is 11.8. The number of carbonyl (C=O) groups excluding carboxylic acids is 4. The molecule has 0 heterocycles. The Morgan fingerprint density at radius 1 is 1.12 bits per heavy atom. The minimum Gasteiger partial charge on any atom is -0.467 e. The molecule has 3 N–H and O–H groups in total. The summed E-state index contributed by atoms with van der Waals surface area (Å²) in [6.07, 6.45) is 3.44. The summed E-state index contributed by atoms with van der Waals surface area (Å²) in [6, 6.07) is 7.69. The van der Waals surface area contributed by atoms with Crippen molar-refractivity contribution in [3.05, 3.63) is 35.9 Å². The zero-order valence-electron chi connectivity index (χ0n) is 19.5. The van der Waals surface area contributed by atoms with Crippen molar-refractivity contribution in [1.82, 2.24) is 16.0 Å². The van der Waals surface area contributed by atoms with E-state index in [0.717, 1.165) is 5.56 Å². The second-order valence-corrected chi connectivity index (χ2v) is 9.27. The predicted molar refractivity (Wildman–Crippen MR) is 126 cm³/mol. The average molecular weight is 466 g/mol. The van der Waals surface area contributed by atoms with Gasteiger partial charge in [-0.3, -0.25) is 14.4 Å². The lowest BCUT2D eigenvalue weighted by atomic mass is 9.91. The van der Waals surface area contributed by atoms with Gasteiger partial charge >= 0.3 is 5.97 Å². The van der Waals surface area contributed by atoms with Crippen LogP contribution in [0.15, 0.2) is 30.3 Å². The third-order valence-corrected chi connectivity index (χ3v) is 5.62. The number of ether oxygens (including phenoxy) is 1. The lowest BCUT2D eigenvalue weighted by Gasteiger charge is -2.31. The number of nitrogens with one attached hydrogen (secondary N) is 3. The van der Waals surface area contributed by atoms with Gasteiger partial charge in [-0.05, 0) is 43.3 Å². The summed E-state index contributed by atoms with van der Waals surface area (Å²) >= 11 is 1.56. The molecule has 0 aliphatic heterocycles. The second kappa shape index (κ2) is 13.8. The molecule has 0 aliphatic carbocycles. The van der Waals surface area contributed by atoms with Crippen molar-refractivity contribution in [3.8, 4) is 0 Å². The molecule has 0 saturated heterocycles. The second-order valence-electron chi connectivity index (χ2n) is 8.28. The van der Waals surface area contributed by atoms with Crippen LogP contribution in [0.1, 0.15) is 39.2 Å².